The Morgan fingerprint density at radius 3 is 2.60 bits per heavy atom. The minimum Gasteiger partial charge on any atom is -0.492 e. The van der Waals surface area contributed by atoms with E-state index in [9.17, 15) is 4.79 Å². The lowest BCUT2D eigenvalue weighted by atomic mass is 10.1. The maximum atomic E-state index is 11.1. The monoisotopic (exact) mass is 272 g/mol. The van der Waals surface area contributed by atoms with Gasteiger partial charge in [-0.15, -0.1) is 0 Å². The summed E-state index contributed by atoms with van der Waals surface area (Å²) >= 11 is 0. The van der Waals surface area contributed by atoms with Gasteiger partial charge < -0.3 is 15.0 Å². The third-order valence-corrected chi connectivity index (χ3v) is 3.39. The Kier molecular flexibility index (Phi) is 3.84. The van der Waals surface area contributed by atoms with Gasteiger partial charge in [0.15, 0.2) is 11.5 Å². The van der Waals surface area contributed by atoms with Crippen LogP contribution >= 0.6 is 0 Å². The molecule has 0 fully saturated rings. The summed E-state index contributed by atoms with van der Waals surface area (Å²) in [6, 6.07) is 4.03. The molecule has 0 unspecified atom stereocenters. The van der Waals surface area contributed by atoms with Crippen LogP contribution in [0.4, 0.5) is 5.69 Å². The SMILES string of the molecule is COc1c(NC(C)=CC(C)=O)ccc2c(C)c(C)[nH]c12. The van der Waals surface area contributed by atoms with Crippen molar-refractivity contribution >= 4 is 22.4 Å². The van der Waals surface area contributed by atoms with E-state index < -0.39 is 0 Å². The number of rotatable bonds is 4. The van der Waals surface area contributed by atoms with Crippen molar-refractivity contribution in [3.63, 3.8) is 0 Å². The molecule has 0 aliphatic rings. The van der Waals surface area contributed by atoms with Gasteiger partial charge in [-0.2, -0.15) is 0 Å². The third-order valence-electron chi connectivity index (χ3n) is 3.39. The molecular formula is C16H20N2O2. The number of ketones is 1. The second kappa shape index (κ2) is 5.41. The van der Waals surface area contributed by atoms with Gasteiger partial charge in [-0.3, -0.25) is 4.79 Å². The Morgan fingerprint density at radius 1 is 1.30 bits per heavy atom. The van der Waals surface area contributed by atoms with Crippen molar-refractivity contribution in [1.82, 2.24) is 4.98 Å². The number of hydrogen-bond acceptors (Lipinski definition) is 3. The van der Waals surface area contributed by atoms with Crippen molar-refractivity contribution in [2.75, 3.05) is 12.4 Å². The molecule has 0 radical (unpaired) electrons. The molecule has 2 aromatic rings. The molecule has 0 bridgehead atoms. The predicted molar refractivity (Wildman–Crippen MR) is 82.4 cm³/mol. The molecule has 0 spiro atoms. The smallest absolute Gasteiger partial charge is 0.166 e. The number of benzene rings is 1. The number of aryl methyl sites for hydroxylation is 2. The van der Waals surface area contributed by atoms with Crippen LogP contribution in [0.1, 0.15) is 25.1 Å². The second-order valence-corrected chi connectivity index (χ2v) is 5.01. The Labute approximate surface area is 118 Å². The lowest BCUT2D eigenvalue weighted by Gasteiger charge is -2.12. The average molecular weight is 272 g/mol. The summed E-state index contributed by atoms with van der Waals surface area (Å²) in [5.74, 6) is 0.775. The number of H-pyrrole nitrogens is 1. The van der Waals surface area contributed by atoms with Gasteiger partial charge in [-0.25, -0.2) is 0 Å². The number of aromatic amines is 1. The number of aromatic nitrogens is 1. The first kappa shape index (κ1) is 14.2. The first-order chi connectivity index (χ1) is 9.43. The fourth-order valence-corrected chi connectivity index (χ4v) is 2.37. The Bertz CT molecular complexity index is 696. The molecule has 1 aromatic carbocycles. The Morgan fingerprint density at radius 2 is 2.00 bits per heavy atom. The molecule has 4 nitrogen and oxygen atoms in total. The van der Waals surface area contributed by atoms with Crippen molar-refractivity contribution in [3.8, 4) is 5.75 Å². The van der Waals surface area contributed by atoms with E-state index in [1.54, 1.807) is 13.2 Å². The summed E-state index contributed by atoms with van der Waals surface area (Å²) in [6.45, 7) is 7.52. The minimum atomic E-state index is 0.0154. The molecule has 0 saturated carbocycles. The van der Waals surface area contributed by atoms with Crippen LogP contribution in [0.2, 0.25) is 0 Å². The molecule has 0 atom stereocenters. The fraction of sp³-hybridized carbons (Fsp3) is 0.312. The van der Waals surface area contributed by atoms with Crippen LogP contribution in [0.15, 0.2) is 23.9 Å². The van der Waals surface area contributed by atoms with Crippen LogP contribution in [0.5, 0.6) is 5.75 Å². The predicted octanol–water partition coefficient (Wildman–Crippen LogP) is 3.70. The molecule has 20 heavy (non-hydrogen) atoms. The Hall–Kier alpha value is -2.23. The van der Waals surface area contributed by atoms with E-state index >= 15 is 0 Å². The van der Waals surface area contributed by atoms with E-state index in [1.807, 2.05) is 19.9 Å². The highest BCUT2D eigenvalue weighted by atomic mass is 16.5. The molecule has 0 amide bonds. The summed E-state index contributed by atoms with van der Waals surface area (Å²) < 4.78 is 5.53. The number of nitrogens with one attached hydrogen (secondary N) is 2. The van der Waals surface area contributed by atoms with Crippen molar-refractivity contribution in [2.45, 2.75) is 27.7 Å². The highest BCUT2D eigenvalue weighted by Crippen LogP contribution is 2.36. The molecule has 2 N–H and O–H groups in total. The number of carbonyl (C=O) groups excluding carboxylic acids is 1. The largest absolute Gasteiger partial charge is 0.492 e. The lowest BCUT2D eigenvalue weighted by Crippen LogP contribution is -2.00. The first-order valence-electron chi connectivity index (χ1n) is 6.55. The van der Waals surface area contributed by atoms with Crippen molar-refractivity contribution in [1.29, 1.82) is 0 Å². The molecule has 1 heterocycles. The normalized spacial score (nSPS) is 11.8. The average Bonchev–Trinajstić information content (AvgIpc) is 2.64. The number of allylic oxidation sites excluding steroid dienone is 2. The van der Waals surface area contributed by atoms with Gasteiger partial charge in [-0.1, -0.05) is 6.07 Å². The second-order valence-electron chi connectivity index (χ2n) is 5.01. The molecule has 0 aliphatic heterocycles. The summed E-state index contributed by atoms with van der Waals surface area (Å²) in [6.07, 6.45) is 1.56. The number of anilines is 1. The van der Waals surface area contributed by atoms with E-state index in [0.29, 0.717) is 0 Å². The van der Waals surface area contributed by atoms with Gasteiger partial charge in [0.1, 0.15) is 0 Å². The zero-order valence-electron chi connectivity index (χ0n) is 12.5. The number of methoxy groups -OCH3 is 1. The van der Waals surface area contributed by atoms with Gasteiger partial charge in [0.2, 0.25) is 0 Å². The summed E-state index contributed by atoms with van der Waals surface area (Å²) in [7, 11) is 1.65. The highest BCUT2D eigenvalue weighted by Gasteiger charge is 2.13. The maximum absolute atomic E-state index is 11.1. The summed E-state index contributed by atoms with van der Waals surface area (Å²) in [5.41, 5.74) is 4.96. The zero-order chi connectivity index (χ0) is 14.9. The van der Waals surface area contributed by atoms with E-state index in [-0.39, 0.29) is 5.78 Å². The number of hydrogen-bond donors (Lipinski definition) is 2. The zero-order valence-corrected chi connectivity index (χ0v) is 12.5. The van der Waals surface area contributed by atoms with Crippen molar-refractivity contribution in [3.05, 3.63) is 35.2 Å². The van der Waals surface area contributed by atoms with Gasteiger partial charge in [0.05, 0.1) is 18.3 Å². The topological polar surface area (TPSA) is 54.1 Å². The van der Waals surface area contributed by atoms with E-state index in [0.717, 1.165) is 33.7 Å². The van der Waals surface area contributed by atoms with E-state index in [4.69, 9.17) is 4.74 Å². The van der Waals surface area contributed by atoms with Crippen LogP contribution in [0, 0.1) is 13.8 Å². The number of carbonyl (C=O) groups is 1. The summed E-state index contributed by atoms with van der Waals surface area (Å²) in [5, 5.41) is 4.36. The van der Waals surface area contributed by atoms with Gasteiger partial charge in [-0.05, 0) is 45.4 Å². The van der Waals surface area contributed by atoms with Crippen LogP contribution < -0.4 is 10.1 Å². The summed E-state index contributed by atoms with van der Waals surface area (Å²) in [4.78, 5) is 14.5. The lowest BCUT2D eigenvalue weighted by molar-refractivity contribution is -0.112. The van der Waals surface area contributed by atoms with Crippen molar-refractivity contribution in [2.24, 2.45) is 0 Å². The minimum absolute atomic E-state index is 0.0154. The third kappa shape index (κ3) is 2.54. The molecule has 106 valence electrons. The molecule has 0 saturated heterocycles. The van der Waals surface area contributed by atoms with Crippen molar-refractivity contribution < 1.29 is 9.53 Å². The molecule has 0 aliphatic carbocycles. The van der Waals surface area contributed by atoms with Crippen LogP contribution in [-0.2, 0) is 4.79 Å². The maximum Gasteiger partial charge on any atom is 0.166 e. The van der Waals surface area contributed by atoms with Crippen LogP contribution in [-0.4, -0.2) is 17.9 Å². The molecule has 2 rings (SSSR count). The highest BCUT2D eigenvalue weighted by molar-refractivity contribution is 5.94. The number of ether oxygens (including phenoxy) is 1. The van der Waals surface area contributed by atoms with Gasteiger partial charge >= 0.3 is 0 Å². The van der Waals surface area contributed by atoms with E-state index in [1.165, 1.54) is 12.5 Å². The van der Waals surface area contributed by atoms with E-state index in [2.05, 4.69) is 23.3 Å². The Balaban J connectivity index is 2.52. The fourth-order valence-electron chi connectivity index (χ4n) is 2.37. The van der Waals surface area contributed by atoms with Crippen LogP contribution in [0.25, 0.3) is 10.9 Å². The van der Waals surface area contributed by atoms with Gasteiger partial charge in [0, 0.05) is 16.8 Å². The van der Waals surface area contributed by atoms with Crippen LogP contribution in [0.3, 0.4) is 0 Å². The molecule has 1 aromatic heterocycles. The quantitative estimate of drug-likeness (QED) is 0.834. The number of fused-ring (bicyclic) bond motifs is 1. The molecular weight excluding hydrogens is 252 g/mol. The first-order valence-corrected chi connectivity index (χ1v) is 6.55. The van der Waals surface area contributed by atoms with Gasteiger partial charge in [0.25, 0.3) is 0 Å². The molecule has 4 heteroatoms. The standard InChI is InChI=1S/C16H20N2O2/c1-9(8-10(2)19)17-14-7-6-13-11(3)12(4)18-15(13)16(14)20-5/h6-8,17-18H,1-5H3.